The van der Waals surface area contributed by atoms with Gasteiger partial charge in [-0.05, 0) is 48.9 Å². The summed E-state index contributed by atoms with van der Waals surface area (Å²) in [5.74, 6) is -2.13. The van der Waals surface area contributed by atoms with Gasteiger partial charge in [-0.2, -0.15) is 0 Å². The van der Waals surface area contributed by atoms with E-state index in [1.54, 1.807) is 16.7 Å². The SMILES string of the molecule is Cc1ccc(-c2cc3ccccn3c2C(=O)C(=O)Nc2ccc(F)c(Cl)c2)cc1. The molecule has 4 rings (SSSR count). The van der Waals surface area contributed by atoms with Crippen LogP contribution in [0.1, 0.15) is 16.1 Å². The van der Waals surface area contributed by atoms with E-state index in [1.165, 1.54) is 12.1 Å². The lowest BCUT2D eigenvalue weighted by Gasteiger charge is -2.08. The lowest BCUT2D eigenvalue weighted by molar-refractivity contribution is -0.112. The zero-order chi connectivity index (χ0) is 20.5. The second-order valence-corrected chi connectivity index (χ2v) is 7.09. The molecule has 1 amide bonds. The van der Waals surface area contributed by atoms with Crippen LogP contribution in [0.2, 0.25) is 5.02 Å². The van der Waals surface area contributed by atoms with Gasteiger partial charge in [-0.1, -0.05) is 47.5 Å². The fourth-order valence-corrected chi connectivity index (χ4v) is 3.36. The molecule has 6 heteroatoms. The minimum Gasteiger partial charge on any atom is -0.319 e. The first-order valence-corrected chi connectivity index (χ1v) is 9.30. The molecule has 4 nitrogen and oxygen atoms in total. The zero-order valence-corrected chi connectivity index (χ0v) is 16.2. The van der Waals surface area contributed by atoms with E-state index in [2.05, 4.69) is 5.32 Å². The number of ketones is 1. The number of rotatable bonds is 4. The van der Waals surface area contributed by atoms with Gasteiger partial charge >= 0.3 is 0 Å². The maximum absolute atomic E-state index is 13.3. The number of nitrogens with zero attached hydrogens (tertiary/aromatic N) is 1. The molecule has 2 heterocycles. The van der Waals surface area contributed by atoms with E-state index in [4.69, 9.17) is 11.6 Å². The van der Waals surface area contributed by atoms with Gasteiger partial charge in [-0.25, -0.2) is 4.39 Å². The number of hydrogen-bond acceptors (Lipinski definition) is 2. The van der Waals surface area contributed by atoms with Gasteiger partial charge in [0.05, 0.1) is 5.02 Å². The second kappa shape index (κ2) is 7.53. The fourth-order valence-electron chi connectivity index (χ4n) is 3.18. The van der Waals surface area contributed by atoms with Crippen molar-refractivity contribution in [3.05, 3.63) is 95.0 Å². The van der Waals surface area contributed by atoms with Crippen molar-refractivity contribution < 1.29 is 14.0 Å². The molecule has 0 aliphatic heterocycles. The Bertz CT molecular complexity index is 1250. The molecule has 0 aliphatic rings. The molecular formula is C23H16ClFN2O2. The summed E-state index contributed by atoms with van der Waals surface area (Å²) in [7, 11) is 0. The van der Waals surface area contributed by atoms with Crippen LogP contribution in [0.3, 0.4) is 0 Å². The van der Waals surface area contributed by atoms with Gasteiger partial charge in [0.1, 0.15) is 11.5 Å². The minimum absolute atomic E-state index is 0.135. The summed E-state index contributed by atoms with van der Waals surface area (Å²) in [6, 6.07) is 18.9. The smallest absolute Gasteiger partial charge is 0.298 e. The number of halogens is 2. The summed E-state index contributed by atoms with van der Waals surface area (Å²) in [5.41, 5.74) is 3.89. The van der Waals surface area contributed by atoms with E-state index in [-0.39, 0.29) is 16.4 Å². The molecule has 0 radical (unpaired) electrons. The van der Waals surface area contributed by atoms with E-state index in [0.29, 0.717) is 5.56 Å². The van der Waals surface area contributed by atoms with Gasteiger partial charge in [0.25, 0.3) is 11.7 Å². The Morgan fingerprint density at radius 1 is 1.00 bits per heavy atom. The normalized spacial score (nSPS) is 10.9. The summed E-state index contributed by atoms with van der Waals surface area (Å²) in [6.07, 6.45) is 1.74. The molecule has 2 aromatic heterocycles. The number of amides is 1. The van der Waals surface area contributed by atoms with Crippen LogP contribution in [-0.4, -0.2) is 16.1 Å². The molecule has 4 aromatic rings. The summed E-state index contributed by atoms with van der Waals surface area (Å²) in [5, 5.41) is 2.36. The predicted molar refractivity (Wildman–Crippen MR) is 112 cm³/mol. The number of fused-ring (bicyclic) bond motifs is 1. The van der Waals surface area contributed by atoms with Gasteiger partial charge in [-0.15, -0.1) is 0 Å². The highest BCUT2D eigenvalue weighted by Gasteiger charge is 2.25. The molecule has 2 aromatic carbocycles. The van der Waals surface area contributed by atoms with Gasteiger partial charge < -0.3 is 9.72 Å². The van der Waals surface area contributed by atoms with Crippen molar-refractivity contribution in [1.29, 1.82) is 0 Å². The second-order valence-electron chi connectivity index (χ2n) is 6.68. The molecule has 1 N–H and O–H groups in total. The standard InChI is InChI=1S/C23H16ClFN2O2/c1-14-5-7-15(8-6-14)18-13-17-4-2-3-11-27(17)21(18)22(28)23(29)26-16-9-10-20(25)19(24)12-16/h2-13H,1H3,(H,26,29). The maximum atomic E-state index is 13.3. The van der Waals surface area contributed by atoms with Gasteiger partial charge in [-0.3, -0.25) is 9.59 Å². The molecule has 0 spiro atoms. The van der Waals surface area contributed by atoms with Crippen LogP contribution in [-0.2, 0) is 4.79 Å². The first-order chi connectivity index (χ1) is 13.9. The lowest BCUT2D eigenvalue weighted by atomic mass is 10.0. The number of nitrogens with one attached hydrogen (secondary N) is 1. The van der Waals surface area contributed by atoms with Crippen LogP contribution in [0.5, 0.6) is 0 Å². The quantitative estimate of drug-likeness (QED) is 0.358. The Hall–Kier alpha value is -3.44. The van der Waals surface area contributed by atoms with Gasteiger partial charge in [0, 0.05) is 23.0 Å². The largest absolute Gasteiger partial charge is 0.319 e. The minimum atomic E-state index is -0.829. The van der Waals surface area contributed by atoms with Crippen molar-refractivity contribution in [3.63, 3.8) is 0 Å². The number of anilines is 1. The fraction of sp³-hybridized carbons (Fsp3) is 0.0435. The topological polar surface area (TPSA) is 50.6 Å². The van der Waals surface area contributed by atoms with Crippen LogP contribution >= 0.6 is 11.6 Å². The zero-order valence-electron chi connectivity index (χ0n) is 15.4. The summed E-state index contributed by atoms with van der Waals surface area (Å²) in [4.78, 5) is 25.8. The van der Waals surface area contributed by atoms with Crippen molar-refractivity contribution in [1.82, 2.24) is 4.40 Å². The average Bonchev–Trinajstić information content (AvgIpc) is 3.10. The van der Waals surface area contributed by atoms with Crippen LogP contribution < -0.4 is 5.32 Å². The Labute approximate surface area is 171 Å². The number of aromatic nitrogens is 1. The van der Waals surface area contributed by atoms with Crippen molar-refractivity contribution >= 4 is 34.5 Å². The van der Waals surface area contributed by atoms with E-state index in [9.17, 15) is 14.0 Å². The highest BCUT2D eigenvalue weighted by Crippen LogP contribution is 2.29. The number of carbonyl (C=O) groups is 2. The highest BCUT2D eigenvalue weighted by atomic mass is 35.5. The molecular weight excluding hydrogens is 391 g/mol. The molecule has 0 atom stereocenters. The number of aryl methyl sites for hydroxylation is 1. The third kappa shape index (κ3) is 3.65. The van der Waals surface area contributed by atoms with Crippen LogP contribution in [0.15, 0.2) is 72.9 Å². The van der Waals surface area contributed by atoms with Crippen molar-refractivity contribution in [2.24, 2.45) is 0 Å². The van der Waals surface area contributed by atoms with E-state index >= 15 is 0 Å². The first-order valence-electron chi connectivity index (χ1n) is 8.92. The molecule has 0 bridgehead atoms. The maximum Gasteiger partial charge on any atom is 0.298 e. The van der Waals surface area contributed by atoms with Crippen molar-refractivity contribution in [3.8, 4) is 11.1 Å². The van der Waals surface area contributed by atoms with E-state index in [0.717, 1.165) is 22.7 Å². The molecule has 0 unspecified atom stereocenters. The third-order valence-corrected chi connectivity index (χ3v) is 4.93. The average molecular weight is 407 g/mol. The van der Waals surface area contributed by atoms with Gasteiger partial charge in [0.15, 0.2) is 0 Å². The number of Topliss-reactive ketones (excluding diaryl/α,β-unsaturated/α-hetero) is 1. The van der Waals surface area contributed by atoms with E-state index < -0.39 is 17.5 Å². The van der Waals surface area contributed by atoms with Crippen LogP contribution in [0, 0.1) is 12.7 Å². The Kier molecular flexibility index (Phi) is 4.91. The number of benzene rings is 2. The third-order valence-electron chi connectivity index (χ3n) is 4.64. The molecule has 0 fully saturated rings. The van der Waals surface area contributed by atoms with Crippen molar-refractivity contribution in [2.75, 3.05) is 5.32 Å². The number of pyridine rings is 1. The summed E-state index contributed by atoms with van der Waals surface area (Å²) < 4.78 is 15.0. The van der Waals surface area contributed by atoms with Crippen LogP contribution in [0.4, 0.5) is 10.1 Å². The van der Waals surface area contributed by atoms with E-state index in [1.807, 2.05) is 49.4 Å². The molecule has 0 saturated heterocycles. The summed E-state index contributed by atoms with van der Waals surface area (Å²) in [6.45, 7) is 1.98. The monoisotopic (exact) mass is 406 g/mol. The Balaban J connectivity index is 1.76. The van der Waals surface area contributed by atoms with Crippen molar-refractivity contribution in [2.45, 2.75) is 6.92 Å². The molecule has 0 saturated carbocycles. The molecule has 0 aliphatic carbocycles. The highest BCUT2D eigenvalue weighted by molar-refractivity contribution is 6.47. The number of hydrogen-bond donors (Lipinski definition) is 1. The van der Waals surface area contributed by atoms with Crippen LogP contribution in [0.25, 0.3) is 16.6 Å². The Morgan fingerprint density at radius 2 is 1.76 bits per heavy atom. The number of carbonyl (C=O) groups excluding carboxylic acids is 2. The molecule has 29 heavy (non-hydrogen) atoms. The Morgan fingerprint density at radius 3 is 2.48 bits per heavy atom. The first kappa shape index (κ1) is 18.9. The lowest BCUT2D eigenvalue weighted by Crippen LogP contribution is -2.24. The predicted octanol–water partition coefficient (Wildman–Crippen LogP) is 5.53. The summed E-state index contributed by atoms with van der Waals surface area (Å²) >= 11 is 5.76. The van der Waals surface area contributed by atoms with Gasteiger partial charge in [0.2, 0.25) is 0 Å². The molecule has 144 valence electrons.